The third-order valence-electron chi connectivity index (χ3n) is 6.01. The van der Waals surface area contributed by atoms with Crippen LogP contribution in [0, 0.1) is 5.92 Å². The van der Waals surface area contributed by atoms with Crippen LogP contribution in [0.15, 0.2) is 47.4 Å². The highest BCUT2D eigenvalue weighted by Gasteiger charge is 2.40. The van der Waals surface area contributed by atoms with Crippen LogP contribution < -0.4 is 0 Å². The monoisotopic (exact) mass is 432 g/mol. The van der Waals surface area contributed by atoms with Crippen LogP contribution in [0.1, 0.15) is 72.8 Å². The molecule has 0 saturated heterocycles. The summed E-state index contributed by atoms with van der Waals surface area (Å²) in [6.45, 7) is 18.5. The second-order valence-electron chi connectivity index (χ2n) is 9.50. The van der Waals surface area contributed by atoms with Crippen molar-refractivity contribution in [3.8, 4) is 0 Å². The van der Waals surface area contributed by atoms with E-state index in [4.69, 9.17) is 4.43 Å². The Morgan fingerprint density at radius 1 is 1.10 bits per heavy atom. The summed E-state index contributed by atoms with van der Waals surface area (Å²) in [5, 5.41) is 0.203. The molecule has 164 valence electrons. The van der Waals surface area contributed by atoms with Gasteiger partial charge in [-0.1, -0.05) is 102 Å². The molecule has 29 heavy (non-hydrogen) atoms. The number of rotatable bonds is 12. The van der Waals surface area contributed by atoms with Crippen LogP contribution in [0.25, 0.3) is 6.08 Å². The van der Waals surface area contributed by atoms with Gasteiger partial charge in [-0.25, -0.2) is 0 Å². The highest BCUT2D eigenvalue weighted by molar-refractivity contribution is 8.03. The largest absolute Gasteiger partial charge is 0.410 e. The molecular weight excluding hydrogens is 388 g/mol. The van der Waals surface area contributed by atoms with Gasteiger partial charge in [0.05, 0.1) is 6.10 Å². The highest BCUT2D eigenvalue weighted by atomic mass is 32.2. The summed E-state index contributed by atoms with van der Waals surface area (Å²) in [5.74, 6) is 1.57. The van der Waals surface area contributed by atoms with E-state index in [1.54, 1.807) is 0 Å². The second-order valence-corrected chi connectivity index (χ2v) is 15.4. The van der Waals surface area contributed by atoms with Gasteiger partial charge >= 0.3 is 0 Å². The van der Waals surface area contributed by atoms with Crippen molar-refractivity contribution in [3.63, 3.8) is 0 Å². The molecular formula is C26H44OSSi. The van der Waals surface area contributed by atoms with Crippen molar-refractivity contribution in [1.29, 1.82) is 0 Å². The van der Waals surface area contributed by atoms with Gasteiger partial charge in [0, 0.05) is 5.92 Å². The third kappa shape index (κ3) is 9.27. The fourth-order valence-electron chi connectivity index (χ4n) is 2.95. The van der Waals surface area contributed by atoms with E-state index in [1.165, 1.54) is 41.9 Å². The molecule has 0 N–H and O–H groups in total. The molecule has 0 amide bonds. The van der Waals surface area contributed by atoms with Crippen molar-refractivity contribution in [3.05, 3.63) is 53.0 Å². The topological polar surface area (TPSA) is 9.23 Å². The van der Waals surface area contributed by atoms with Crippen LogP contribution in [0.2, 0.25) is 18.1 Å². The van der Waals surface area contributed by atoms with Crippen molar-refractivity contribution in [2.45, 2.75) is 91.5 Å². The van der Waals surface area contributed by atoms with Crippen molar-refractivity contribution in [1.82, 2.24) is 0 Å². The quantitative estimate of drug-likeness (QED) is 0.241. The van der Waals surface area contributed by atoms with Gasteiger partial charge < -0.3 is 4.43 Å². The van der Waals surface area contributed by atoms with Gasteiger partial charge in [0.25, 0.3) is 0 Å². The first-order valence-corrected chi connectivity index (χ1v) is 15.2. The van der Waals surface area contributed by atoms with Crippen LogP contribution in [0.5, 0.6) is 0 Å². The van der Waals surface area contributed by atoms with E-state index in [2.05, 4.69) is 103 Å². The maximum atomic E-state index is 6.91. The molecule has 0 radical (unpaired) electrons. The molecule has 0 saturated carbocycles. The number of hydrogen-bond donors (Lipinski definition) is 0. The molecule has 1 nitrogen and oxygen atoms in total. The fourth-order valence-corrected chi connectivity index (χ4v) is 5.42. The Kier molecular flexibility index (Phi) is 11.6. The first kappa shape index (κ1) is 26.3. The zero-order valence-corrected chi connectivity index (χ0v) is 21.9. The van der Waals surface area contributed by atoms with E-state index < -0.39 is 8.32 Å². The Morgan fingerprint density at radius 3 is 2.31 bits per heavy atom. The van der Waals surface area contributed by atoms with Gasteiger partial charge in [0.2, 0.25) is 0 Å². The summed E-state index contributed by atoms with van der Waals surface area (Å²) in [5.41, 5.74) is 1.23. The van der Waals surface area contributed by atoms with Crippen molar-refractivity contribution in [2.24, 2.45) is 5.92 Å². The predicted molar refractivity (Wildman–Crippen MR) is 137 cm³/mol. The lowest BCUT2D eigenvalue weighted by Crippen LogP contribution is -2.45. The zero-order chi connectivity index (χ0) is 21.9. The molecule has 0 aliphatic rings. The van der Waals surface area contributed by atoms with Crippen LogP contribution in [-0.4, -0.2) is 20.2 Å². The Bertz CT molecular complexity index is 628. The molecule has 0 heterocycles. The van der Waals surface area contributed by atoms with Gasteiger partial charge in [-0.2, -0.15) is 0 Å². The number of unbranched alkanes of at least 4 members (excludes halogenated alkanes) is 3. The number of benzene rings is 1. The smallest absolute Gasteiger partial charge is 0.192 e. The van der Waals surface area contributed by atoms with Crippen LogP contribution in [0.3, 0.4) is 0 Å². The highest BCUT2D eigenvalue weighted by Crippen LogP contribution is 2.40. The average Bonchev–Trinajstić information content (AvgIpc) is 2.67. The molecule has 0 aliphatic carbocycles. The molecule has 2 atom stereocenters. The second kappa shape index (κ2) is 12.8. The van der Waals surface area contributed by atoms with Gasteiger partial charge in [-0.3, -0.25) is 0 Å². The number of allylic oxidation sites excluding steroid dienone is 1. The standard InChI is InChI=1S/C26H44OSSi/c1-9-11-12-16-21-28-25(10-2)22(3)24(27-29(7,8)26(4,5)6)20-19-23-17-14-13-15-18-23/h10,13-15,17-20,22,24H,9,11-12,16,21H2,1-8H3/b20-19+,25-10-/t22-,24+/m0/s1. The molecule has 0 aromatic heterocycles. The maximum Gasteiger partial charge on any atom is 0.192 e. The van der Waals surface area contributed by atoms with E-state index in [1.807, 2.05) is 11.8 Å². The number of thioether (sulfide) groups is 1. The summed E-state index contributed by atoms with van der Waals surface area (Å²) in [4.78, 5) is 1.46. The van der Waals surface area contributed by atoms with E-state index >= 15 is 0 Å². The van der Waals surface area contributed by atoms with Gasteiger partial charge in [-0.15, -0.1) is 11.8 Å². The predicted octanol–water partition coefficient (Wildman–Crippen LogP) is 8.94. The maximum absolute atomic E-state index is 6.91. The summed E-state index contributed by atoms with van der Waals surface area (Å²) in [6, 6.07) is 10.6. The molecule has 1 aromatic carbocycles. The Hall–Kier alpha value is -0.773. The van der Waals surface area contributed by atoms with Crippen LogP contribution in [-0.2, 0) is 4.43 Å². The molecule has 1 rings (SSSR count). The molecule has 3 heteroatoms. The molecule has 0 spiro atoms. The van der Waals surface area contributed by atoms with E-state index in [0.29, 0.717) is 5.92 Å². The number of hydrogen-bond acceptors (Lipinski definition) is 2. The third-order valence-corrected chi connectivity index (χ3v) is 11.9. The minimum absolute atomic E-state index is 0.102. The van der Waals surface area contributed by atoms with Crippen molar-refractivity contribution in [2.75, 3.05) is 5.75 Å². The van der Waals surface area contributed by atoms with Crippen LogP contribution >= 0.6 is 11.8 Å². The normalized spacial score (nSPS) is 15.7. The zero-order valence-electron chi connectivity index (χ0n) is 20.1. The summed E-state index contributed by atoms with van der Waals surface area (Å²) >= 11 is 2.03. The summed E-state index contributed by atoms with van der Waals surface area (Å²) in [7, 11) is -1.86. The minimum Gasteiger partial charge on any atom is -0.410 e. The average molecular weight is 433 g/mol. The Morgan fingerprint density at radius 2 is 1.76 bits per heavy atom. The lowest BCUT2D eigenvalue weighted by atomic mass is 10.0. The molecule has 0 fully saturated rings. The molecule has 0 bridgehead atoms. The van der Waals surface area contributed by atoms with Gasteiger partial charge in [0.1, 0.15) is 0 Å². The van der Waals surface area contributed by atoms with Gasteiger partial charge in [0.15, 0.2) is 8.32 Å². The van der Waals surface area contributed by atoms with Gasteiger partial charge in [-0.05, 0) is 47.7 Å². The van der Waals surface area contributed by atoms with Crippen molar-refractivity contribution < 1.29 is 4.43 Å². The first-order chi connectivity index (χ1) is 13.6. The fraction of sp³-hybridized carbons (Fsp3) is 0.615. The Balaban J connectivity index is 2.97. The molecule has 0 unspecified atom stereocenters. The van der Waals surface area contributed by atoms with E-state index in [0.717, 1.165) is 0 Å². The van der Waals surface area contributed by atoms with Crippen LogP contribution in [0.4, 0.5) is 0 Å². The molecule has 1 aromatic rings. The minimum atomic E-state index is -1.86. The Labute approximate surface area is 186 Å². The van der Waals surface area contributed by atoms with E-state index in [9.17, 15) is 0 Å². The van der Waals surface area contributed by atoms with E-state index in [-0.39, 0.29) is 11.1 Å². The lowest BCUT2D eigenvalue weighted by molar-refractivity contribution is 0.189. The summed E-state index contributed by atoms with van der Waals surface area (Å²) in [6.07, 6.45) is 12.2. The summed E-state index contributed by atoms with van der Waals surface area (Å²) < 4.78 is 6.91. The molecule has 0 aliphatic heterocycles. The SMILES string of the molecule is C/C=C(\SCCCCCC)[C@@H](C)[C@@H](/C=C/c1ccccc1)O[Si](C)(C)C(C)(C)C. The lowest BCUT2D eigenvalue weighted by Gasteiger charge is -2.40. The van der Waals surface area contributed by atoms with Crippen molar-refractivity contribution >= 4 is 26.2 Å². The first-order valence-electron chi connectivity index (χ1n) is 11.3.